The monoisotopic (exact) mass is 283 g/mol. The molecule has 3 rings (SSSR count). The molecule has 0 aliphatic carbocycles. The van der Waals surface area contributed by atoms with Crippen molar-refractivity contribution in [2.75, 3.05) is 0 Å². The van der Waals surface area contributed by atoms with Gasteiger partial charge in [0.05, 0.1) is 4.88 Å². The standard InChI is InChI=1S/C17H17NOS/c1-13-6-7-14-8-10-18(15(14)12-13)9-2-4-16(19)17-5-3-11-20-17/h3,5-8,10-12H,2,4,9H2,1H3. The van der Waals surface area contributed by atoms with Gasteiger partial charge in [0, 0.05) is 24.7 Å². The predicted molar refractivity (Wildman–Crippen MR) is 84.6 cm³/mol. The first kappa shape index (κ1) is 13.1. The second-order valence-corrected chi connectivity index (χ2v) is 6.02. The summed E-state index contributed by atoms with van der Waals surface area (Å²) in [5.74, 6) is 0.257. The van der Waals surface area contributed by atoms with E-state index in [0.29, 0.717) is 6.42 Å². The lowest BCUT2D eigenvalue weighted by Gasteiger charge is -2.05. The molecule has 0 bridgehead atoms. The van der Waals surface area contributed by atoms with Crippen LogP contribution in [-0.2, 0) is 6.54 Å². The molecule has 3 heteroatoms. The molecular formula is C17H17NOS. The third-order valence-corrected chi connectivity index (χ3v) is 4.44. The van der Waals surface area contributed by atoms with Crippen LogP contribution in [0.5, 0.6) is 0 Å². The third-order valence-electron chi connectivity index (χ3n) is 3.53. The van der Waals surface area contributed by atoms with Crippen LogP contribution >= 0.6 is 11.3 Å². The molecular weight excluding hydrogens is 266 g/mol. The minimum atomic E-state index is 0.257. The van der Waals surface area contributed by atoms with Crippen molar-refractivity contribution >= 4 is 28.0 Å². The molecule has 0 saturated heterocycles. The summed E-state index contributed by atoms with van der Waals surface area (Å²) in [6.07, 6.45) is 3.61. The second-order valence-electron chi connectivity index (χ2n) is 5.08. The van der Waals surface area contributed by atoms with Gasteiger partial charge in [-0.15, -0.1) is 11.3 Å². The van der Waals surface area contributed by atoms with Gasteiger partial charge >= 0.3 is 0 Å². The van der Waals surface area contributed by atoms with E-state index in [4.69, 9.17) is 0 Å². The molecule has 0 aliphatic rings. The van der Waals surface area contributed by atoms with Crippen LogP contribution in [0.1, 0.15) is 28.1 Å². The molecule has 0 atom stereocenters. The summed E-state index contributed by atoms with van der Waals surface area (Å²) in [7, 11) is 0. The van der Waals surface area contributed by atoms with Crippen molar-refractivity contribution in [3.05, 3.63) is 58.4 Å². The van der Waals surface area contributed by atoms with Crippen LogP contribution in [0.2, 0.25) is 0 Å². The van der Waals surface area contributed by atoms with Crippen molar-refractivity contribution in [2.45, 2.75) is 26.3 Å². The molecule has 1 aromatic carbocycles. The molecule has 0 unspecified atom stereocenters. The van der Waals surface area contributed by atoms with Crippen molar-refractivity contribution in [2.24, 2.45) is 0 Å². The van der Waals surface area contributed by atoms with Gasteiger partial charge in [-0.1, -0.05) is 18.2 Å². The number of ketones is 1. The summed E-state index contributed by atoms with van der Waals surface area (Å²) >= 11 is 1.53. The Bertz CT molecular complexity index is 725. The maximum Gasteiger partial charge on any atom is 0.172 e. The molecule has 0 N–H and O–H groups in total. The SMILES string of the molecule is Cc1ccc2ccn(CCCC(=O)c3cccs3)c2c1. The van der Waals surface area contributed by atoms with Gasteiger partial charge in [0.2, 0.25) is 0 Å². The fourth-order valence-corrected chi connectivity index (χ4v) is 3.15. The summed E-state index contributed by atoms with van der Waals surface area (Å²) < 4.78 is 2.24. The highest BCUT2D eigenvalue weighted by Gasteiger charge is 2.07. The normalized spacial score (nSPS) is 11.1. The van der Waals surface area contributed by atoms with E-state index in [1.165, 1.54) is 27.8 Å². The first-order valence-corrected chi connectivity index (χ1v) is 7.74. The van der Waals surface area contributed by atoms with E-state index >= 15 is 0 Å². The number of benzene rings is 1. The van der Waals surface area contributed by atoms with Crippen LogP contribution < -0.4 is 0 Å². The summed E-state index contributed by atoms with van der Waals surface area (Å²) in [5, 5.41) is 3.22. The molecule has 102 valence electrons. The van der Waals surface area contributed by atoms with Gasteiger partial charge in [-0.25, -0.2) is 0 Å². The van der Waals surface area contributed by atoms with E-state index in [-0.39, 0.29) is 5.78 Å². The van der Waals surface area contributed by atoms with Crippen molar-refractivity contribution < 1.29 is 4.79 Å². The van der Waals surface area contributed by atoms with E-state index in [1.807, 2.05) is 17.5 Å². The van der Waals surface area contributed by atoms with Gasteiger partial charge in [0.1, 0.15) is 0 Å². The number of hydrogen-bond donors (Lipinski definition) is 0. The van der Waals surface area contributed by atoms with Crippen LogP contribution in [0.25, 0.3) is 10.9 Å². The number of fused-ring (bicyclic) bond motifs is 1. The van der Waals surface area contributed by atoms with Gasteiger partial charge in [0.25, 0.3) is 0 Å². The first-order valence-electron chi connectivity index (χ1n) is 6.86. The Hall–Kier alpha value is -1.87. The molecule has 0 spiro atoms. The van der Waals surface area contributed by atoms with Gasteiger partial charge in [-0.3, -0.25) is 4.79 Å². The Morgan fingerprint density at radius 1 is 1.25 bits per heavy atom. The molecule has 2 aromatic heterocycles. The molecule has 0 saturated carbocycles. The number of rotatable bonds is 5. The Labute approximate surface area is 122 Å². The van der Waals surface area contributed by atoms with Crippen molar-refractivity contribution in [3.63, 3.8) is 0 Å². The fourth-order valence-electron chi connectivity index (χ4n) is 2.46. The minimum absolute atomic E-state index is 0.257. The summed E-state index contributed by atoms with van der Waals surface area (Å²) in [6, 6.07) is 12.5. The largest absolute Gasteiger partial charge is 0.347 e. The summed E-state index contributed by atoms with van der Waals surface area (Å²) in [6.45, 7) is 3.00. The molecule has 0 amide bonds. The zero-order valence-corrected chi connectivity index (χ0v) is 12.3. The van der Waals surface area contributed by atoms with Gasteiger partial charge in [-0.2, -0.15) is 0 Å². The maximum absolute atomic E-state index is 12.0. The molecule has 0 aliphatic heterocycles. The van der Waals surface area contributed by atoms with Crippen molar-refractivity contribution in [1.82, 2.24) is 4.57 Å². The fraction of sp³-hybridized carbons (Fsp3) is 0.235. The highest BCUT2D eigenvalue weighted by Crippen LogP contribution is 2.19. The van der Waals surface area contributed by atoms with Crippen LogP contribution in [0.15, 0.2) is 48.0 Å². The highest BCUT2D eigenvalue weighted by atomic mass is 32.1. The lowest BCUT2D eigenvalue weighted by molar-refractivity contribution is 0.0982. The van der Waals surface area contributed by atoms with E-state index in [9.17, 15) is 4.79 Å². The topological polar surface area (TPSA) is 22.0 Å². The quantitative estimate of drug-likeness (QED) is 0.623. The highest BCUT2D eigenvalue weighted by molar-refractivity contribution is 7.12. The number of Topliss-reactive ketones (excluding diaryl/α,β-unsaturated/α-hetero) is 1. The third kappa shape index (κ3) is 2.68. The number of carbonyl (C=O) groups excluding carboxylic acids is 1. The van der Waals surface area contributed by atoms with Crippen LogP contribution in [-0.4, -0.2) is 10.4 Å². The first-order chi connectivity index (χ1) is 9.74. The average Bonchev–Trinajstić information content (AvgIpc) is 3.08. The molecule has 2 nitrogen and oxygen atoms in total. The zero-order valence-electron chi connectivity index (χ0n) is 11.5. The Morgan fingerprint density at radius 2 is 2.15 bits per heavy atom. The van der Waals surface area contributed by atoms with E-state index < -0.39 is 0 Å². The van der Waals surface area contributed by atoms with E-state index in [1.54, 1.807) is 0 Å². The van der Waals surface area contributed by atoms with Crippen molar-refractivity contribution in [3.8, 4) is 0 Å². The van der Waals surface area contributed by atoms with Crippen molar-refractivity contribution in [1.29, 1.82) is 0 Å². The van der Waals surface area contributed by atoms with Gasteiger partial charge < -0.3 is 4.57 Å². The van der Waals surface area contributed by atoms with Gasteiger partial charge in [0.15, 0.2) is 5.78 Å². The Morgan fingerprint density at radius 3 is 2.95 bits per heavy atom. The van der Waals surface area contributed by atoms with E-state index in [2.05, 4.69) is 42.0 Å². The number of carbonyl (C=O) groups is 1. The number of thiophene rings is 1. The molecule has 2 heterocycles. The van der Waals surface area contributed by atoms with Gasteiger partial charge in [-0.05, 0) is 47.9 Å². The predicted octanol–water partition coefficient (Wildman–Crippen LogP) is 4.67. The van der Waals surface area contributed by atoms with Crippen LogP contribution in [0, 0.1) is 6.92 Å². The molecule has 0 radical (unpaired) electrons. The number of aromatic nitrogens is 1. The molecule has 20 heavy (non-hydrogen) atoms. The summed E-state index contributed by atoms with van der Waals surface area (Å²) in [5.41, 5.74) is 2.53. The average molecular weight is 283 g/mol. The second kappa shape index (κ2) is 5.63. The zero-order chi connectivity index (χ0) is 13.9. The summed E-state index contributed by atoms with van der Waals surface area (Å²) in [4.78, 5) is 12.8. The van der Waals surface area contributed by atoms with E-state index in [0.717, 1.165) is 17.8 Å². The Kier molecular flexibility index (Phi) is 3.70. The maximum atomic E-state index is 12.0. The van der Waals surface area contributed by atoms with Crippen LogP contribution in [0.4, 0.5) is 0 Å². The smallest absolute Gasteiger partial charge is 0.172 e. The number of nitrogens with zero attached hydrogens (tertiary/aromatic N) is 1. The lowest BCUT2D eigenvalue weighted by atomic mass is 10.2. The molecule has 0 fully saturated rings. The Balaban J connectivity index is 1.65. The minimum Gasteiger partial charge on any atom is -0.347 e. The van der Waals surface area contributed by atoms with Crippen LogP contribution in [0.3, 0.4) is 0 Å². The lowest BCUT2D eigenvalue weighted by Crippen LogP contribution is -2.01. The number of aryl methyl sites for hydroxylation is 2. The number of hydrogen-bond acceptors (Lipinski definition) is 2. The molecule has 3 aromatic rings.